The molecule has 0 heterocycles. The van der Waals surface area contributed by atoms with Gasteiger partial charge in [-0.15, -0.1) is 0 Å². The zero-order valence-electron chi connectivity index (χ0n) is 16.4. The van der Waals surface area contributed by atoms with Crippen LogP contribution in [-0.2, 0) is 4.74 Å². The van der Waals surface area contributed by atoms with Crippen LogP contribution in [0, 0.1) is 11.6 Å². The summed E-state index contributed by atoms with van der Waals surface area (Å²) < 4.78 is 31.7. The summed E-state index contributed by atoms with van der Waals surface area (Å²) in [5, 5.41) is 0. The molecule has 4 heteroatoms. The van der Waals surface area contributed by atoms with Gasteiger partial charge in [-0.3, -0.25) is 0 Å². The summed E-state index contributed by atoms with van der Waals surface area (Å²) in [6, 6.07) is 2.89. The number of halogens is 2. The molecular weight excluding hydrogens is 334 g/mol. The third kappa shape index (κ3) is 9.88. The van der Waals surface area contributed by atoms with E-state index in [9.17, 15) is 13.6 Å². The second-order valence-electron chi connectivity index (χ2n) is 7.16. The molecule has 0 aliphatic carbocycles. The fourth-order valence-electron chi connectivity index (χ4n) is 3.06. The summed E-state index contributed by atoms with van der Waals surface area (Å²) in [5.41, 5.74) is -0.211. The maximum atomic E-state index is 13.6. The van der Waals surface area contributed by atoms with Crippen molar-refractivity contribution < 1.29 is 18.3 Å². The highest BCUT2D eigenvalue weighted by Crippen LogP contribution is 2.15. The van der Waals surface area contributed by atoms with Crippen molar-refractivity contribution in [1.82, 2.24) is 0 Å². The van der Waals surface area contributed by atoms with Crippen LogP contribution in [0.25, 0.3) is 0 Å². The van der Waals surface area contributed by atoms with E-state index in [4.69, 9.17) is 4.74 Å². The average Bonchev–Trinajstić information content (AvgIpc) is 2.59. The molecule has 1 rings (SSSR count). The van der Waals surface area contributed by atoms with Gasteiger partial charge in [0.25, 0.3) is 0 Å². The summed E-state index contributed by atoms with van der Waals surface area (Å²) in [6.07, 6.45) is 14.5. The number of hydrogen-bond donors (Lipinski definition) is 0. The van der Waals surface area contributed by atoms with E-state index < -0.39 is 17.6 Å². The lowest BCUT2D eigenvalue weighted by molar-refractivity contribution is 0.0314. The van der Waals surface area contributed by atoms with E-state index in [2.05, 4.69) is 6.92 Å². The molecule has 1 unspecified atom stereocenters. The standard InChI is InChI=1S/C22H34F2O2/c1-3-4-5-6-7-8-9-10-11-12-13-14-18(2)26-22(25)20-16-15-19(23)17-21(20)24/h15-18H,3-14H2,1-2H3. The quantitative estimate of drug-likeness (QED) is 0.256. The Morgan fingerprint density at radius 3 is 2.00 bits per heavy atom. The Balaban J connectivity index is 2.04. The first-order valence-corrected chi connectivity index (χ1v) is 10.2. The monoisotopic (exact) mass is 368 g/mol. The minimum absolute atomic E-state index is 0.211. The van der Waals surface area contributed by atoms with Crippen LogP contribution >= 0.6 is 0 Å². The highest BCUT2D eigenvalue weighted by atomic mass is 19.1. The zero-order chi connectivity index (χ0) is 19.2. The Bertz CT molecular complexity index is 517. The first-order chi connectivity index (χ1) is 12.5. The van der Waals surface area contributed by atoms with E-state index in [1.165, 1.54) is 57.8 Å². The molecule has 0 bridgehead atoms. The van der Waals surface area contributed by atoms with Crippen LogP contribution < -0.4 is 0 Å². The lowest BCUT2D eigenvalue weighted by Gasteiger charge is -2.13. The highest BCUT2D eigenvalue weighted by molar-refractivity contribution is 5.89. The SMILES string of the molecule is CCCCCCCCCCCCCC(C)OC(=O)c1ccc(F)cc1F. The van der Waals surface area contributed by atoms with Gasteiger partial charge in [-0.2, -0.15) is 0 Å². The van der Waals surface area contributed by atoms with Gasteiger partial charge in [0.1, 0.15) is 11.6 Å². The minimum Gasteiger partial charge on any atom is -0.459 e. The summed E-state index contributed by atoms with van der Waals surface area (Å²) >= 11 is 0. The van der Waals surface area contributed by atoms with E-state index in [1.54, 1.807) is 0 Å². The summed E-state index contributed by atoms with van der Waals surface area (Å²) in [5.74, 6) is -2.30. The Hall–Kier alpha value is -1.45. The lowest BCUT2D eigenvalue weighted by Crippen LogP contribution is -2.16. The van der Waals surface area contributed by atoms with E-state index in [0.29, 0.717) is 6.07 Å². The third-order valence-corrected chi connectivity index (χ3v) is 4.67. The molecule has 148 valence electrons. The predicted octanol–water partition coefficient (Wildman–Crippen LogP) is 7.21. The number of ether oxygens (including phenoxy) is 1. The van der Waals surface area contributed by atoms with Crippen molar-refractivity contribution in [2.75, 3.05) is 0 Å². The van der Waals surface area contributed by atoms with Gasteiger partial charge in [0.15, 0.2) is 0 Å². The van der Waals surface area contributed by atoms with Crippen LogP contribution in [0.5, 0.6) is 0 Å². The van der Waals surface area contributed by atoms with Crippen molar-refractivity contribution in [1.29, 1.82) is 0 Å². The fraction of sp³-hybridized carbons (Fsp3) is 0.682. The molecule has 0 N–H and O–H groups in total. The molecule has 0 saturated heterocycles. The molecule has 0 amide bonds. The largest absolute Gasteiger partial charge is 0.459 e. The average molecular weight is 369 g/mol. The third-order valence-electron chi connectivity index (χ3n) is 4.67. The van der Waals surface area contributed by atoms with Gasteiger partial charge in [0.2, 0.25) is 0 Å². The predicted molar refractivity (Wildman–Crippen MR) is 102 cm³/mol. The van der Waals surface area contributed by atoms with Crippen LogP contribution in [0.2, 0.25) is 0 Å². The summed E-state index contributed by atoms with van der Waals surface area (Å²) in [4.78, 5) is 11.9. The molecule has 26 heavy (non-hydrogen) atoms. The Labute approximate surface area is 157 Å². The normalized spacial score (nSPS) is 12.2. The number of carbonyl (C=O) groups is 1. The smallest absolute Gasteiger partial charge is 0.341 e. The molecule has 0 aliphatic rings. The zero-order valence-corrected chi connectivity index (χ0v) is 16.4. The maximum Gasteiger partial charge on any atom is 0.341 e. The molecule has 0 fully saturated rings. The van der Waals surface area contributed by atoms with Gasteiger partial charge in [0, 0.05) is 6.07 Å². The van der Waals surface area contributed by atoms with Crippen molar-refractivity contribution in [3.05, 3.63) is 35.4 Å². The number of benzene rings is 1. The van der Waals surface area contributed by atoms with E-state index in [1.807, 2.05) is 6.92 Å². The summed E-state index contributed by atoms with van der Waals surface area (Å²) in [6.45, 7) is 4.05. The first kappa shape index (κ1) is 22.6. The van der Waals surface area contributed by atoms with Gasteiger partial charge in [0.05, 0.1) is 11.7 Å². The van der Waals surface area contributed by atoms with Crippen LogP contribution in [-0.4, -0.2) is 12.1 Å². The molecule has 1 atom stereocenters. The number of hydrogen-bond acceptors (Lipinski definition) is 2. The maximum absolute atomic E-state index is 13.6. The van der Waals surface area contributed by atoms with Gasteiger partial charge in [-0.05, 0) is 31.9 Å². The van der Waals surface area contributed by atoms with E-state index >= 15 is 0 Å². The highest BCUT2D eigenvalue weighted by Gasteiger charge is 2.16. The van der Waals surface area contributed by atoms with Gasteiger partial charge < -0.3 is 4.74 Å². The second-order valence-corrected chi connectivity index (χ2v) is 7.16. The molecule has 2 nitrogen and oxygen atoms in total. The van der Waals surface area contributed by atoms with Crippen LogP contribution in [0.4, 0.5) is 8.78 Å². The molecule has 1 aromatic rings. The Kier molecular flexibility index (Phi) is 11.9. The van der Waals surface area contributed by atoms with E-state index in [0.717, 1.165) is 31.4 Å². The molecule has 0 aliphatic heterocycles. The summed E-state index contributed by atoms with van der Waals surface area (Å²) in [7, 11) is 0. The fourth-order valence-corrected chi connectivity index (χ4v) is 3.06. The number of carbonyl (C=O) groups excluding carboxylic acids is 1. The number of rotatable bonds is 14. The van der Waals surface area contributed by atoms with Crippen molar-refractivity contribution in [2.45, 2.75) is 97.0 Å². The van der Waals surface area contributed by atoms with Gasteiger partial charge in [-0.1, -0.05) is 71.1 Å². The lowest BCUT2D eigenvalue weighted by atomic mass is 10.0. The molecular formula is C22H34F2O2. The van der Waals surface area contributed by atoms with Crippen molar-refractivity contribution in [3.63, 3.8) is 0 Å². The van der Waals surface area contributed by atoms with Crippen molar-refractivity contribution >= 4 is 5.97 Å². The van der Waals surface area contributed by atoms with Gasteiger partial charge >= 0.3 is 5.97 Å². The molecule has 1 aromatic carbocycles. The van der Waals surface area contributed by atoms with E-state index in [-0.39, 0.29) is 11.7 Å². The van der Waals surface area contributed by atoms with Crippen molar-refractivity contribution in [2.24, 2.45) is 0 Å². The Morgan fingerprint density at radius 1 is 0.923 bits per heavy atom. The van der Waals surface area contributed by atoms with Crippen molar-refractivity contribution in [3.8, 4) is 0 Å². The second kappa shape index (κ2) is 13.7. The molecule has 0 saturated carbocycles. The van der Waals surface area contributed by atoms with Gasteiger partial charge in [-0.25, -0.2) is 13.6 Å². The molecule has 0 spiro atoms. The van der Waals surface area contributed by atoms with Crippen LogP contribution in [0.3, 0.4) is 0 Å². The molecule has 0 radical (unpaired) electrons. The number of esters is 1. The molecule has 0 aromatic heterocycles. The first-order valence-electron chi connectivity index (χ1n) is 10.2. The van der Waals surface area contributed by atoms with Crippen LogP contribution in [0.1, 0.15) is 101 Å². The minimum atomic E-state index is -0.878. The number of unbranched alkanes of at least 4 members (excludes halogenated alkanes) is 10. The topological polar surface area (TPSA) is 26.3 Å². The Morgan fingerprint density at radius 2 is 1.46 bits per heavy atom. The van der Waals surface area contributed by atoms with Crippen LogP contribution in [0.15, 0.2) is 18.2 Å².